The number of nitrogen functional groups attached to an aromatic ring is 1. The second kappa shape index (κ2) is 8.54. The Morgan fingerprint density at radius 1 is 1.10 bits per heavy atom. The topological polar surface area (TPSA) is 137 Å². The third-order valence-corrected chi connectivity index (χ3v) is 5.56. The maximum atomic E-state index is 11.3. The largest absolute Gasteiger partial charge is 0.370 e. The monoisotopic (exact) mass is 412 g/mol. The van der Waals surface area contributed by atoms with Crippen LogP contribution in [0.1, 0.15) is 23.2 Å². The lowest BCUT2D eigenvalue weighted by atomic mass is 10.0. The van der Waals surface area contributed by atoms with E-state index in [0.29, 0.717) is 18.8 Å². The second-order valence-electron chi connectivity index (χ2n) is 6.80. The first-order valence-electron chi connectivity index (χ1n) is 9.17. The standard InChI is InChI=1S/C20H24N6O2S/c1-13-5-3-7-17(14(13)2)18-11-19(26-20(21)25-18)23-10-4-6-15-8-9-16(12-24-15)29(22,27)28/h3,5,7-9,11-12H,4,6,10H2,1-2H3,(H2,22,27,28)(H3,21,23,25,26). The van der Waals surface area contributed by atoms with Gasteiger partial charge in [0, 0.05) is 30.1 Å². The fraction of sp³-hybridized carbons (Fsp3) is 0.250. The number of anilines is 2. The minimum absolute atomic E-state index is 0.00908. The zero-order valence-electron chi connectivity index (χ0n) is 16.4. The van der Waals surface area contributed by atoms with Gasteiger partial charge < -0.3 is 11.1 Å². The van der Waals surface area contributed by atoms with E-state index in [1.807, 2.05) is 18.2 Å². The number of benzene rings is 1. The van der Waals surface area contributed by atoms with E-state index in [-0.39, 0.29) is 10.8 Å². The van der Waals surface area contributed by atoms with Gasteiger partial charge in [-0.1, -0.05) is 18.2 Å². The van der Waals surface area contributed by atoms with Gasteiger partial charge in [-0.25, -0.2) is 18.5 Å². The van der Waals surface area contributed by atoms with Gasteiger partial charge in [-0.2, -0.15) is 4.98 Å². The van der Waals surface area contributed by atoms with Crippen molar-refractivity contribution >= 4 is 21.8 Å². The number of sulfonamides is 1. The molecule has 5 N–H and O–H groups in total. The Balaban J connectivity index is 1.63. The van der Waals surface area contributed by atoms with Gasteiger partial charge in [0.05, 0.1) is 5.69 Å². The summed E-state index contributed by atoms with van der Waals surface area (Å²) in [4.78, 5) is 12.8. The van der Waals surface area contributed by atoms with Crippen molar-refractivity contribution in [2.75, 3.05) is 17.6 Å². The Morgan fingerprint density at radius 3 is 2.59 bits per heavy atom. The van der Waals surface area contributed by atoms with Crippen LogP contribution in [-0.2, 0) is 16.4 Å². The molecule has 2 heterocycles. The second-order valence-corrected chi connectivity index (χ2v) is 8.37. The minimum Gasteiger partial charge on any atom is -0.370 e. The molecule has 0 bridgehead atoms. The predicted octanol–water partition coefficient (Wildman–Crippen LogP) is 2.43. The van der Waals surface area contributed by atoms with Crippen molar-refractivity contribution in [2.24, 2.45) is 5.14 Å². The van der Waals surface area contributed by atoms with E-state index in [9.17, 15) is 8.42 Å². The lowest BCUT2D eigenvalue weighted by Crippen LogP contribution is -2.12. The number of pyridine rings is 1. The summed E-state index contributed by atoms with van der Waals surface area (Å²) >= 11 is 0. The average Bonchev–Trinajstić information content (AvgIpc) is 2.66. The van der Waals surface area contributed by atoms with Gasteiger partial charge in [0.15, 0.2) is 0 Å². The molecule has 0 aliphatic rings. The van der Waals surface area contributed by atoms with Crippen LogP contribution in [0, 0.1) is 13.8 Å². The molecular formula is C20H24N6O2S. The molecule has 2 aromatic heterocycles. The van der Waals surface area contributed by atoms with Crippen LogP contribution in [0.3, 0.4) is 0 Å². The smallest absolute Gasteiger partial charge is 0.239 e. The molecule has 0 spiro atoms. The number of nitrogens with two attached hydrogens (primary N) is 2. The molecule has 0 fully saturated rings. The van der Waals surface area contributed by atoms with Gasteiger partial charge in [-0.05, 0) is 49.9 Å². The number of hydrogen-bond acceptors (Lipinski definition) is 7. The molecule has 3 rings (SSSR count). The highest BCUT2D eigenvalue weighted by molar-refractivity contribution is 7.89. The molecule has 8 nitrogen and oxygen atoms in total. The lowest BCUT2D eigenvalue weighted by Gasteiger charge is -2.11. The van der Waals surface area contributed by atoms with Crippen LogP contribution in [0.2, 0.25) is 0 Å². The third-order valence-electron chi connectivity index (χ3n) is 4.67. The molecular weight excluding hydrogens is 388 g/mol. The SMILES string of the molecule is Cc1cccc(-c2cc(NCCCc3ccc(S(N)(=O)=O)cn3)nc(N)n2)c1C. The summed E-state index contributed by atoms with van der Waals surface area (Å²) in [5.74, 6) is 0.872. The van der Waals surface area contributed by atoms with Crippen LogP contribution in [0.4, 0.5) is 11.8 Å². The Labute approximate surface area is 170 Å². The maximum Gasteiger partial charge on any atom is 0.239 e. The number of hydrogen-bond donors (Lipinski definition) is 3. The van der Waals surface area contributed by atoms with Gasteiger partial charge >= 0.3 is 0 Å². The molecule has 3 aromatic rings. The lowest BCUT2D eigenvalue weighted by molar-refractivity contribution is 0.597. The number of primary sulfonamides is 1. The van der Waals surface area contributed by atoms with Gasteiger partial charge in [0.1, 0.15) is 10.7 Å². The van der Waals surface area contributed by atoms with Crippen LogP contribution in [0.25, 0.3) is 11.3 Å². The quantitative estimate of drug-likeness (QED) is 0.507. The zero-order chi connectivity index (χ0) is 21.0. The Hall–Kier alpha value is -3.04. The number of nitrogens with zero attached hydrogens (tertiary/aromatic N) is 3. The van der Waals surface area contributed by atoms with Crippen LogP contribution >= 0.6 is 0 Å². The van der Waals surface area contributed by atoms with Crippen LogP contribution < -0.4 is 16.2 Å². The fourth-order valence-electron chi connectivity index (χ4n) is 2.94. The molecule has 0 radical (unpaired) electrons. The molecule has 0 saturated carbocycles. The average molecular weight is 413 g/mol. The van der Waals surface area contributed by atoms with E-state index in [4.69, 9.17) is 10.9 Å². The van der Waals surface area contributed by atoms with E-state index in [1.54, 1.807) is 6.07 Å². The highest BCUT2D eigenvalue weighted by Crippen LogP contribution is 2.26. The molecule has 0 aliphatic carbocycles. The van der Waals surface area contributed by atoms with E-state index in [0.717, 1.165) is 28.9 Å². The first-order valence-corrected chi connectivity index (χ1v) is 10.7. The van der Waals surface area contributed by atoms with Crippen molar-refractivity contribution in [3.8, 4) is 11.3 Å². The van der Waals surface area contributed by atoms with E-state index in [2.05, 4.69) is 40.2 Å². The van der Waals surface area contributed by atoms with Crippen molar-refractivity contribution < 1.29 is 8.42 Å². The molecule has 152 valence electrons. The Morgan fingerprint density at radius 2 is 1.90 bits per heavy atom. The van der Waals surface area contributed by atoms with Crippen molar-refractivity contribution in [1.82, 2.24) is 15.0 Å². The van der Waals surface area contributed by atoms with Crippen molar-refractivity contribution in [2.45, 2.75) is 31.6 Å². The number of aromatic nitrogens is 3. The summed E-state index contributed by atoms with van der Waals surface area (Å²) in [5.41, 5.74) is 10.8. The maximum absolute atomic E-state index is 11.3. The molecule has 0 aliphatic heterocycles. The fourth-order valence-corrected chi connectivity index (χ4v) is 3.39. The van der Waals surface area contributed by atoms with Gasteiger partial charge in [-0.3, -0.25) is 4.98 Å². The number of rotatable bonds is 7. The van der Waals surface area contributed by atoms with Gasteiger partial charge in [0.25, 0.3) is 0 Å². The highest BCUT2D eigenvalue weighted by atomic mass is 32.2. The van der Waals surface area contributed by atoms with Gasteiger partial charge in [-0.15, -0.1) is 0 Å². The summed E-state index contributed by atoms with van der Waals surface area (Å²) in [6, 6.07) is 11.1. The molecule has 0 amide bonds. The zero-order valence-corrected chi connectivity index (χ0v) is 17.2. The Bertz CT molecular complexity index is 1110. The minimum atomic E-state index is -3.72. The van der Waals surface area contributed by atoms with Crippen LogP contribution in [0.15, 0.2) is 47.5 Å². The first-order chi connectivity index (χ1) is 13.7. The summed E-state index contributed by atoms with van der Waals surface area (Å²) in [5, 5.41) is 8.34. The number of nitrogens with one attached hydrogen (secondary N) is 1. The van der Waals surface area contributed by atoms with Crippen LogP contribution in [-0.4, -0.2) is 29.9 Å². The summed E-state index contributed by atoms with van der Waals surface area (Å²) in [6.45, 7) is 4.78. The van der Waals surface area contributed by atoms with Crippen molar-refractivity contribution in [3.63, 3.8) is 0 Å². The molecule has 0 saturated heterocycles. The third kappa shape index (κ3) is 5.27. The highest BCUT2D eigenvalue weighted by Gasteiger charge is 2.09. The van der Waals surface area contributed by atoms with E-state index in [1.165, 1.54) is 17.8 Å². The van der Waals surface area contributed by atoms with Gasteiger partial charge in [0.2, 0.25) is 16.0 Å². The van der Waals surface area contributed by atoms with E-state index >= 15 is 0 Å². The molecule has 1 aromatic carbocycles. The molecule has 0 atom stereocenters. The van der Waals surface area contributed by atoms with E-state index < -0.39 is 10.0 Å². The van der Waals surface area contributed by atoms with Crippen molar-refractivity contribution in [3.05, 3.63) is 59.4 Å². The van der Waals surface area contributed by atoms with Crippen molar-refractivity contribution in [1.29, 1.82) is 0 Å². The molecule has 0 unspecified atom stereocenters. The molecule has 9 heteroatoms. The summed E-state index contributed by atoms with van der Waals surface area (Å²) in [6.07, 6.45) is 2.74. The normalized spacial score (nSPS) is 11.4. The predicted molar refractivity (Wildman–Crippen MR) is 114 cm³/mol. The Kier molecular flexibility index (Phi) is 6.09. The molecule has 29 heavy (non-hydrogen) atoms. The summed E-state index contributed by atoms with van der Waals surface area (Å²) in [7, 11) is -3.72. The summed E-state index contributed by atoms with van der Waals surface area (Å²) < 4.78 is 22.5. The van der Waals surface area contributed by atoms with Crippen LogP contribution in [0.5, 0.6) is 0 Å². The first kappa shape index (κ1) is 20.7. The number of aryl methyl sites for hydroxylation is 2.